The van der Waals surface area contributed by atoms with Gasteiger partial charge in [-0.25, -0.2) is 13.2 Å². The Kier molecular flexibility index (Phi) is 9.78. The quantitative estimate of drug-likeness (QED) is 0.313. The number of halogens is 1. The van der Waals surface area contributed by atoms with Gasteiger partial charge in [-0.3, -0.25) is 9.59 Å². The van der Waals surface area contributed by atoms with Gasteiger partial charge in [0.2, 0.25) is 0 Å². The SMILES string of the molecule is CCOC(=O)c1c(-c2ccccc2Cl)csc1NC(=O)COC(=O)Cc1ccc(S(=O)(=O)N2CCCCC2)s1. The van der Waals surface area contributed by atoms with Crippen LogP contribution in [0.25, 0.3) is 11.1 Å². The number of rotatable bonds is 10. The van der Waals surface area contributed by atoms with Crippen LogP contribution >= 0.6 is 34.3 Å². The first-order valence-electron chi connectivity index (χ1n) is 12.3. The minimum atomic E-state index is -3.58. The second-order valence-corrected chi connectivity index (χ2v) is 13.2. The first kappa shape index (κ1) is 29.2. The fourth-order valence-electron chi connectivity index (χ4n) is 4.06. The van der Waals surface area contributed by atoms with Crippen molar-refractivity contribution in [3.8, 4) is 11.1 Å². The topological polar surface area (TPSA) is 119 Å². The van der Waals surface area contributed by atoms with Crippen LogP contribution in [-0.2, 0) is 35.5 Å². The van der Waals surface area contributed by atoms with Crippen LogP contribution in [0.15, 0.2) is 46.0 Å². The van der Waals surface area contributed by atoms with Crippen molar-refractivity contribution in [2.24, 2.45) is 0 Å². The molecule has 1 aliphatic rings. The molecule has 208 valence electrons. The molecule has 39 heavy (non-hydrogen) atoms. The number of hydrogen-bond donors (Lipinski definition) is 1. The van der Waals surface area contributed by atoms with Gasteiger partial charge >= 0.3 is 11.9 Å². The van der Waals surface area contributed by atoms with E-state index in [2.05, 4.69) is 5.32 Å². The molecule has 2 aromatic heterocycles. The third-order valence-corrected chi connectivity index (χ3v) is 10.6. The molecule has 1 aliphatic heterocycles. The van der Waals surface area contributed by atoms with Crippen molar-refractivity contribution >= 4 is 67.1 Å². The molecule has 3 aromatic rings. The Morgan fingerprint density at radius 1 is 1.03 bits per heavy atom. The van der Waals surface area contributed by atoms with E-state index in [1.54, 1.807) is 42.6 Å². The van der Waals surface area contributed by atoms with Crippen molar-refractivity contribution in [1.82, 2.24) is 4.31 Å². The van der Waals surface area contributed by atoms with Crippen LogP contribution in [0.3, 0.4) is 0 Å². The predicted molar refractivity (Wildman–Crippen MR) is 151 cm³/mol. The number of amides is 1. The molecule has 1 amide bonds. The van der Waals surface area contributed by atoms with Crippen molar-refractivity contribution in [3.63, 3.8) is 0 Å². The number of sulfonamides is 1. The Bertz CT molecular complexity index is 1460. The van der Waals surface area contributed by atoms with Gasteiger partial charge in [0.15, 0.2) is 6.61 Å². The highest BCUT2D eigenvalue weighted by Crippen LogP contribution is 2.39. The maximum Gasteiger partial charge on any atom is 0.341 e. The summed E-state index contributed by atoms with van der Waals surface area (Å²) in [5.74, 6) is -1.93. The van der Waals surface area contributed by atoms with Crippen LogP contribution in [0.1, 0.15) is 41.4 Å². The third-order valence-electron chi connectivity index (χ3n) is 5.92. The highest BCUT2D eigenvalue weighted by molar-refractivity contribution is 7.91. The van der Waals surface area contributed by atoms with Crippen molar-refractivity contribution in [3.05, 3.63) is 57.2 Å². The molecule has 1 aromatic carbocycles. The first-order chi connectivity index (χ1) is 18.7. The average molecular weight is 611 g/mol. The Hall–Kier alpha value is -2.77. The number of piperidine rings is 1. The zero-order valence-corrected chi connectivity index (χ0v) is 24.3. The molecule has 3 heterocycles. The summed E-state index contributed by atoms with van der Waals surface area (Å²) >= 11 is 8.46. The van der Waals surface area contributed by atoms with Gasteiger partial charge in [0.05, 0.1) is 13.0 Å². The van der Waals surface area contributed by atoms with Crippen LogP contribution in [-0.4, -0.2) is 56.9 Å². The number of thiophene rings is 2. The van der Waals surface area contributed by atoms with E-state index in [-0.39, 0.29) is 27.8 Å². The number of nitrogens with zero attached hydrogens (tertiary/aromatic N) is 1. The molecule has 0 spiro atoms. The van der Waals surface area contributed by atoms with Crippen LogP contribution in [0, 0.1) is 0 Å². The van der Waals surface area contributed by atoms with E-state index in [0.29, 0.717) is 34.1 Å². The fraction of sp³-hybridized carbons (Fsp3) is 0.346. The summed E-state index contributed by atoms with van der Waals surface area (Å²) in [5, 5.41) is 4.99. The molecular weight excluding hydrogens is 584 g/mol. The number of carbonyl (C=O) groups excluding carboxylic acids is 3. The molecule has 0 saturated carbocycles. The van der Waals surface area contributed by atoms with Gasteiger partial charge in [-0.15, -0.1) is 22.7 Å². The van der Waals surface area contributed by atoms with Gasteiger partial charge < -0.3 is 14.8 Å². The normalized spacial score (nSPS) is 14.1. The van der Waals surface area contributed by atoms with Gasteiger partial charge in [-0.05, 0) is 38.0 Å². The van der Waals surface area contributed by atoms with Gasteiger partial charge in [-0.1, -0.05) is 36.2 Å². The fourth-order valence-corrected chi connectivity index (χ4v) is 8.27. The summed E-state index contributed by atoms with van der Waals surface area (Å²) < 4.78 is 37.6. The Morgan fingerprint density at radius 2 is 1.77 bits per heavy atom. The van der Waals surface area contributed by atoms with Crippen LogP contribution < -0.4 is 5.32 Å². The average Bonchev–Trinajstić information content (AvgIpc) is 3.56. The molecule has 1 saturated heterocycles. The van der Waals surface area contributed by atoms with E-state index in [1.807, 2.05) is 0 Å². The molecule has 4 rings (SSSR count). The smallest absolute Gasteiger partial charge is 0.341 e. The lowest BCUT2D eigenvalue weighted by Crippen LogP contribution is -2.35. The van der Waals surface area contributed by atoms with Gasteiger partial charge in [-0.2, -0.15) is 4.31 Å². The maximum absolute atomic E-state index is 12.8. The molecule has 13 heteroatoms. The number of ether oxygens (including phenoxy) is 2. The summed E-state index contributed by atoms with van der Waals surface area (Å²) in [7, 11) is -3.58. The first-order valence-corrected chi connectivity index (χ1v) is 15.8. The lowest BCUT2D eigenvalue weighted by Gasteiger charge is -2.25. The Morgan fingerprint density at radius 3 is 2.49 bits per heavy atom. The van der Waals surface area contributed by atoms with E-state index >= 15 is 0 Å². The molecular formula is C26H27ClN2O7S3. The summed E-state index contributed by atoms with van der Waals surface area (Å²) in [5.41, 5.74) is 1.29. The standard InChI is InChI=1S/C26H27ClN2O7S3/c1-2-35-26(32)24-19(18-8-4-5-9-20(18)27)16-37-25(24)28-21(30)15-36-22(31)14-17-10-11-23(38-17)39(33,34)29-12-6-3-7-13-29/h4-5,8-11,16H,2-3,6-7,12-15H2,1H3,(H,28,30). The van der Waals surface area contributed by atoms with E-state index in [0.717, 1.165) is 41.9 Å². The summed E-state index contributed by atoms with van der Waals surface area (Å²) in [6, 6.07) is 10.1. The lowest BCUT2D eigenvalue weighted by atomic mass is 10.0. The number of anilines is 1. The Balaban J connectivity index is 1.37. The van der Waals surface area contributed by atoms with E-state index in [9.17, 15) is 22.8 Å². The molecule has 9 nitrogen and oxygen atoms in total. The van der Waals surface area contributed by atoms with Crippen LogP contribution in [0.4, 0.5) is 5.00 Å². The van der Waals surface area contributed by atoms with Crippen molar-refractivity contribution in [1.29, 1.82) is 0 Å². The van der Waals surface area contributed by atoms with E-state index < -0.39 is 34.5 Å². The van der Waals surface area contributed by atoms with Crippen molar-refractivity contribution < 1.29 is 32.3 Å². The summed E-state index contributed by atoms with van der Waals surface area (Å²) in [6.07, 6.45) is 2.51. The summed E-state index contributed by atoms with van der Waals surface area (Å²) in [4.78, 5) is 38.2. The van der Waals surface area contributed by atoms with Crippen LogP contribution in [0.2, 0.25) is 5.02 Å². The van der Waals surface area contributed by atoms with E-state index in [1.165, 1.54) is 10.4 Å². The predicted octanol–water partition coefficient (Wildman–Crippen LogP) is 5.21. The van der Waals surface area contributed by atoms with Crippen LogP contribution in [0.5, 0.6) is 0 Å². The zero-order valence-electron chi connectivity index (χ0n) is 21.1. The molecule has 0 radical (unpaired) electrons. The highest BCUT2D eigenvalue weighted by Gasteiger charge is 2.28. The number of hydrogen-bond acceptors (Lipinski definition) is 9. The molecule has 0 unspecified atom stereocenters. The van der Waals surface area contributed by atoms with Crippen molar-refractivity contribution in [2.75, 3.05) is 31.6 Å². The zero-order chi connectivity index (χ0) is 28.0. The largest absolute Gasteiger partial charge is 0.462 e. The van der Waals surface area contributed by atoms with Gasteiger partial charge in [0.1, 0.15) is 14.8 Å². The second-order valence-electron chi connectivity index (χ2n) is 8.62. The molecule has 0 bridgehead atoms. The third kappa shape index (κ3) is 7.06. The molecule has 1 fully saturated rings. The minimum Gasteiger partial charge on any atom is -0.462 e. The lowest BCUT2D eigenvalue weighted by molar-refractivity contribution is -0.146. The molecule has 0 aliphatic carbocycles. The monoisotopic (exact) mass is 610 g/mol. The molecule has 1 N–H and O–H groups in total. The number of carbonyl (C=O) groups is 3. The molecule has 0 atom stereocenters. The number of esters is 2. The number of nitrogens with one attached hydrogen (secondary N) is 1. The Labute approximate surface area is 239 Å². The second kappa shape index (κ2) is 13.1. The maximum atomic E-state index is 12.8. The van der Waals surface area contributed by atoms with Gasteiger partial charge in [0, 0.05) is 39.5 Å². The number of benzene rings is 1. The summed E-state index contributed by atoms with van der Waals surface area (Å²) in [6.45, 7) is 2.23. The van der Waals surface area contributed by atoms with E-state index in [4.69, 9.17) is 21.1 Å². The highest BCUT2D eigenvalue weighted by atomic mass is 35.5. The van der Waals surface area contributed by atoms with Gasteiger partial charge in [0.25, 0.3) is 15.9 Å². The minimum absolute atomic E-state index is 0.144. The van der Waals surface area contributed by atoms with Crippen molar-refractivity contribution in [2.45, 2.75) is 36.8 Å².